The summed E-state index contributed by atoms with van der Waals surface area (Å²) in [6.45, 7) is 4.04. The van der Waals surface area contributed by atoms with Crippen molar-refractivity contribution in [3.8, 4) is 11.8 Å². The fraction of sp³-hybridized carbons (Fsp3) is 0.552. The zero-order valence-corrected chi connectivity index (χ0v) is 20.2. The second-order valence-electron chi connectivity index (χ2n) is 10.9. The van der Waals surface area contributed by atoms with Crippen molar-refractivity contribution in [2.45, 2.75) is 70.3 Å². The molecule has 0 saturated heterocycles. The number of hydrogen-bond donors (Lipinski definition) is 1. The van der Waals surface area contributed by atoms with Gasteiger partial charge < -0.3 is 10.0 Å². The molecule has 0 amide bonds. The molecule has 2 saturated carbocycles. The third-order valence-corrected chi connectivity index (χ3v) is 9.07. The van der Waals surface area contributed by atoms with E-state index in [9.17, 15) is 14.3 Å². The molecule has 4 aliphatic rings. The van der Waals surface area contributed by atoms with E-state index in [2.05, 4.69) is 18.8 Å². The second-order valence-corrected chi connectivity index (χ2v) is 10.9. The molecule has 0 heterocycles. The summed E-state index contributed by atoms with van der Waals surface area (Å²) >= 11 is 0. The van der Waals surface area contributed by atoms with E-state index in [4.69, 9.17) is 0 Å². The SMILES string of the molecule is CC#C[C@]1(O)CC[C@H]2[C@@H]3CCC4=CC(=O)CCC4=C3[C@@H](c3ccc(F)c(N(C)C)c3)C[C@@]21C. The van der Waals surface area contributed by atoms with Crippen LogP contribution in [-0.2, 0) is 4.79 Å². The summed E-state index contributed by atoms with van der Waals surface area (Å²) < 4.78 is 14.6. The van der Waals surface area contributed by atoms with Crippen molar-refractivity contribution in [2.24, 2.45) is 17.3 Å². The summed E-state index contributed by atoms with van der Waals surface area (Å²) in [6.07, 6.45) is 7.65. The molecule has 0 bridgehead atoms. The van der Waals surface area contributed by atoms with Crippen LogP contribution in [0.1, 0.15) is 70.3 Å². The smallest absolute Gasteiger partial charge is 0.156 e. The highest BCUT2D eigenvalue weighted by molar-refractivity contribution is 5.93. The van der Waals surface area contributed by atoms with Gasteiger partial charge in [-0.2, -0.15) is 0 Å². The molecular weight excluding hydrogens is 413 g/mol. The van der Waals surface area contributed by atoms with Crippen LogP contribution in [0.25, 0.3) is 0 Å². The topological polar surface area (TPSA) is 40.5 Å². The molecule has 0 aromatic heterocycles. The lowest BCUT2D eigenvalue weighted by atomic mass is 9.51. The number of carbonyl (C=O) groups is 1. The number of aliphatic hydroxyl groups is 1. The molecule has 1 aromatic rings. The Kier molecular flexibility index (Phi) is 5.33. The zero-order chi connectivity index (χ0) is 23.5. The lowest BCUT2D eigenvalue weighted by Crippen LogP contribution is -2.51. The van der Waals surface area contributed by atoms with Gasteiger partial charge in [-0.3, -0.25) is 4.79 Å². The summed E-state index contributed by atoms with van der Waals surface area (Å²) in [5, 5.41) is 11.7. The lowest BCUT2D eigenvalue weighted by Gasteiger charge is -2.53. The van der Waals surface area contributed by atoms with Crippen molar-refractivity contribution in [3.63, 3.8) is 0 Å². The van der Waals surface area contributed by atoms with E-state index in [0.29, 0.717) is 30.4 Å². The van der Waals surface area contributed by atoms with Crippen LogP contribution in [0.15, 0.2) is 41.0 Å². The molecular formula is C29H34FNO2. The van der Waals surface area contributed by atoms with Crippen molar-refractivity contribution in [3.05, 3.63) is 52.4 Å². The van der Waals surface area contributed by atoms with Crippen LogP contribution in [0.3, 0.4) is 0 Å². The van der Waals surface area contributed by atoms with Gasteiger partial charge in [-0.1, -0.05) is 24.5 Å². The van der Waals surface area contributed by atoms with Gasteiger partial charge in [-0.25, -0.2) is 4.39 Å². The fourth-order valence-corrected chi connectivity index (χ4v) is 7.47. The quantitative estimate of drug-likeness (QED) is 0.605. The highest BCUT2D eigenvalue weighted by Crippen LogP contribution is 2.66. The van der Waals surface area contributed by atoms with Gasteiger partial charge >= 0.3 is 0 Å². The number of benzene rings is 1. The van der Waals surface area contributed by atoms with Gasteiger partial charge in [-0.15, -0.1) is 5.92 Å². The molecule has 33 heavy (non-hydrogen) atoms. The maximum absolute atomic E-state index is 14.6. The van der Waals surface area contributed by atoms with Crippen LogP contribution in [-0.4, -0.2) is 30.6 Å². The molecule has 0 aliphatic heterocycles. The van der Waals surface area contributed by atoms with E-state index in [1.165, 1.54) is 16.7 Å². The van der Waals surface area contributed by atoms with E-state index in [1.54, 1.807) is 6.07 Å². The van der Waals surface area contributed by atoms with Crippen molar-refractivity contribution in [2.75, 3.05) is 19.0 Å². The number of hydrogen-bond acceptors (Lipinski definition) is 3. The predicted octanol–water partition coefficient (Wildman–Crippen LogP) is 5.55. The first-order valence-corrected chi connectivity index (χ1v) is 12.3. The molecule has 0 radical (unpaired) electrons. The maximum atomic E-state index is 14.6. The fourth-order valence-electron chi connectivity index (χ4n) is 7.47. The molecule has 2 fully saturated rings. The van der Waals surface area contributed by atoms with Crippen LogP contribution in [0.5, 0.6) is 0 Å². The van der Waals surface area contributed by atoms with Gasteiger partial charge in [0.25, 0.3) is 0 Å². The first-order chi connectivity index (χ1) is 15.7. The minimum atomic E-state index is -0.996. The third-order valence-electron chi connectivity index (χ3n) is 9.07. The van der Waals surface area contributed by atoms with Gasteiger partial charge in [0.2, 0.25) is 0 Å². The van der Waals surface area contributed by atoms with Gasteiger partial charge in [0.05, 0.1) is 5.69 Å². The number of fused-ring (bicyclic) bond motifs is 4. The number of carbonyl (C=O) groups excluding carboxylic acids is 1. The highest BCUT2D eigenvalue weighted by Gasteiger charge is 2.62. The van der Waals surface area contributed by atoms with Crippen LogP contribution in [0.2, 0.25) is 0 Å². The van der Waals surface area contributed by atoms with Crippen LogP contribution in [0, 0.1) is 34.9 Å². The number of ketones is 1. The summed E-state index contributed by atoms with van der Waals surface area (Å²) in [7, 11) is 3.73. The largest absolute Gasteiger partial charge is 0.377 e. The van der Waals surface area contributed by atoms with Crippen molar-refractivity contribution in [1.82, 2.24) is 0 Å². The minimum Gasteiger partial charge on any atom is -0.377 e. The zero-order valence-electron chi connectivity index (χ0n) is 20.2. The first kappa shape index (κ1) is 22.4. The van der Waals surface area contributed by atoms with E-state index in [1.807, 2.05) is 44.1 Å². The van der Waals surface area contributed by atoms with Gasteiger partial charge in [0, 0.05) is 31.8 Å². The molecule has 5 atom stereocenters. The second kappa shape index (κ2) is 7.84. The summed E-state index contributed by atoms with van der Waals surface area (Å²) in [6, 6.07) is 5.49. The first-order valence-electron chi connectivity index (χ1n) is 12.3. The van der Waals surface area contributed by atoms with Gasteiger partial charge in [0.15, 0.2) is 5.78 Å². The number of allylic oxidation sites excluding steroid dienone is 4. The van der Waals surface area contributed by atoms with Crippen molar-refractivity contribution < 1.29 is 14.3 Å². The van der Waals surface area contributed by atoms with E-state index < -0.39 is 5.60 Å². The Morgan fingerprint density at radius 2 is 1.97 bits per heavy atom. The highest BCUT2D eigenvalue weighted by atomic mass is 19.1. The normalized spacial score (nSPS) is 35.2. The van der Waals surface area contributed by atoms with Gasteiger partial charge in [-0.05, 0) is 92.2 Å². The summed E-state index contributed by atoms with van der Waals surface area (Å²) in [5.74, 6) is 7.03. The van der Waals surface area contributed by atoms with E-state index in [0.717, 1.165) is 37.7 Å². The molecule has 0 spiro atoms. The van der Waals surface area contributed by atoms with Gasteiger partial charge in [0.1, 0.15) is 11.4 Å². The summed E-state index contributed by atoms with van der Waals surface area (Å²) in [5.41, 5.74) is 4.39. The van der Waals surface area contributed by atoms with Crippen molar-refractivity contribution >= 4 is 11.5 Å². The molecule has 174 valence electrons. The number of nitrogens with zero attached hydrogens (tertiary/aromatic N) is 1. The molecule has 1 aromatic carbocycles. The Hall–Kier alpha value is -2.38. The average Bonchev–Trinajstić information content (AvgIpc) is 3.03. The monoisotopic (exact) mass is 447 g/mol. The summed E-state index contributed by atoms with van der Waals surface area (Å²) in [4.78, 5) is 14.0. The van der Waals surface area contributed by atoms with Crippen LogP contribution >= 0.6 is 0 Å². The van der Waals surface area contributed by atoms with E-state index >= 15 is 0 Å². The Balaban J connectivity index is 1.71. The number of anilines is 1. The average molecular weight is 448 g/mol. The molecule has 4 aliphatic carbocycles. The Morgan fingerprint density at radius 1 is 1.18 bits per heavy atom. The lowest BCUT2D eigenvalue weighted by molar-refractivity contribution is -0.114. The molecule has 4 heteroatoms. The Labute approximate surface area is 196 Å². The predicted molar refractivity (Wildman–Crippen MR) is 129 cm³/mol. The minimum absolute atomic E-state index is 0.0886. The maximum Gasteiger partial charge on any atom is 0.156 e. The third kappa shape index (κ3) is 3.31. The number of rotatable bonds is 2. The molecule has 5 rings (SSSR count). The molecule has 0 unspecified atom stereocenters. The Bertz CT molecular complexity index is 1140. The molecule has 1 N–H and O–H groups in total. The van der Waals surface area contributed by atoms with E-state index in [-0.39, 0.29) is 22.9 Å². The Morgan fingerprint density at radius 3 is 2.70 bits per heavy atom. The molecule has 3 nitrogen and oxygen atoms in total. The number of halogens is 1. The van der Waals surface area contributed by atoms with Crippen LogP contribution in [0.4, 0.5) is 10.1 Å². The van der Waals surface area contributed by atoms with Crippen molar-refractivity contribution in [1.29, 1.82) is 0 Å². The van der Waals surface area contributed by atoms with Crippen LogP contribution < -0.4 is 4.90 Å². The standard InChI is InChI=1S/C29H34FNO2/c1-5-13-29(33)14-12-24-22-9-6-18-15-20(32)8-10-21(18)27(22)23(17-28(24,29)2)19-7-11-25(30)26(16-19)31(3)4/h7,11,15-16,22-24,33H,6,8-10,12,14,17H2,1-4H3/t22-,23+,24-,28-,29-/m0/s1.